The minimum Gasteiger partial charge on any atom is -0.318 e. The Bertz CT molecular complexity index is 699. The normalized spacial score (nSPS) is 21.0. The maximum atomic E-state index is 13.3. The molecule has 128 valence electrons. The van der Waals surface area contributed by atoms with Crippen LogP contribution in [0.5, 0.6) is 0 Å². The molecule has 2 aromatic heterocycles. The summed E-state index contributed by atoms with van der Waals surface area (Å²) in [4.78, 5) is 16.1. The number of hydrogen-bond acceptors (Lipinski definition) is 4. The summed E-state index contributed by atoms with van der Waals surface area (Å²) in [5.74, 6) is -0.531. The maximum Gasteiger partial charge on any atom is 0.284 e. The minimum absolute atomic E-state index is 0.0358. The molecule has 1 aliphatic carbocycles. The van der Waals surface area contributed by atoms with E-state index in [1.165, 1.54) is 18.5 Å². The summed E-state index contributed by atoms with van der Waals surface area (Å²) < 4.78 is 28.1. The standard InChI is InChI=1S/C16H18F2N4OS/c17-15(18)14-13(20-16(23)12-3-1-2-8-19-12)9-22(21-14)10-4-6-11(24)7-5-10/h1-3,8-11,15,24H,4-7H2,(H,20,23). The zero-order chi connectivity index (χ0) is 17.1. The summed E-state index contributed by atoms with van der Waals surface area (Å²) in [7, 11) is 0. The molecule has 0 aliphatic heterocycles. The van der Waals surface area contributed by atoms with Gasteiger partial charge in [-0.3, -0.25) is 14.5 Å². The number of nitrogens with zero attached hydrogens (tertiary/aromatic N) is 3. The van der Waals surface area contributed by atoms with Crippen LogP contribution in [0.2, 0.25) is 0 Å². The Kier molecular flexibility index (Phi) is 5.13. The number of carbonyl (C=O) groups excluding carboxylic acids is 1. The molecule has 0 radical (unpaired) electrons. The Morgan fingerprint density at radius 2 is 2.04 bits per heavy atom. The van der Waals surface area contributed by atoms with E-state index in [0.29, 0.717) is 5.25 Å². The van der Waals surface area contributed by atoms with E-state index in [0.717, 1.165) is 25.7 Å². The van der Waals surface area contributed by atoms with Crippen LogP contribution in [0.25, 0.3) is 0 Å². The van der Waals surface area contributed by atoms with Crippen molar-refractivity contribution in [1.29, 1.82) is 0 Å². The Balaban J connectivity index is 1.80. The SMILES string of the molecule is O=C(Nc1cn(C2CCC(S)CC2)nc1C(F)F)c1ccccn1. The lowest BCUT2D eigenvalue weighted by molar-refractivity contribution is 0.102. The average molecular weight is 352 g/mol. The van der Waals surface area contributed by atoms with Gasteiger partial charge in [-0.05, 0) is 37.8 Å². The number of alkyl halides is 2. The van der Waals surface area contributed by atoms with Crippen molar-refractivity contribution < 1.29 is 13.6 Å². The van der Waals surface area contributed by atoms with Gasteiger partial charge in [-0.2, -0.15) is 17.7 Å². The quantitative estimate of drug-likeness (QED) is 0.821. The van der Waals surface area contributed by atoms with E-state index in [1.54, 1.807) is 16.8 Å². The zero-order valence-corrected chi connectivity index (χ0v) is 13.8. The van der Waals surface area contributed by atoms with Crippen molar-refractivity contribution in [3.63, 3.8) is 0 Å². The number of halogens is 2. The smallest absolute Gasteiger partial charge is 0.284 e. The lowest BCUT2D eigenvalue weighted by Crippen LogP contribution is -2.18. The van der Waals surface area contributed by atoms with E-state index in [-0.39, 0.29) is 17.4 Å². The fourth-order valence-electron chi connectivity index (χ4n) is 2.86. The van der Waals surface area contributed by atoms with Crippen LogP contribution in [0, 0.1) is 0 Å². The van der Waals surface area contributed by atoms with E-state index in [9.17, 15) is 13.6 Å². The number of thiol groups is 1. The monoisotopic (exact) mass is 352 g/mol. The van der Waals surface area contributed by atoms with E-state index >= 15 is 0 Å². The number of aromatic nitrogens is 3. The van der Waals surface area contributed by atoms with Gasteiger partial charge in [-0.25, -0.2) is 8.78 Å². The molecule has 1 saturated carbocycles. The van der Waals surface area contributed by atoms with Crippen molar-refractivity contribution >= 4 is 24.2 Å². The fourth-order valence-corrected chi connectivity index (χ4v) is 3.15. The third-order valence-corrected chi connectivity index (χ3v) is 4.67. The van der Waals surface area contributed by atoms with Crippen molar-refractivity contribution in [3.05, 3.63) is 42.0 Å². The van der Waals surface area contributed by atoms with Gasteiger partial charge in [0.05, 0.1) is 11.7 Å². The number of anilines is 1. The van der Waals surface area contributed by atoms with E-state index in [4.69, 9.17) is 0 Å². The highest BCUT2D eigenvalue weighted by molar-refractivity contribution is 7.80. The molecule has 0 atom stereocenters. The van der Waals surface area contributed by atoms with Crippen LogP contribution in [-0.4, -0.2) is 25.9 Å². The first kappa shape index (κ1) is 16.9. The summed E-state index contributed by atoms with van der Waals surface area (Å²) >= 11 is 4.44. The van der Waals surface area contributed by atoms with Gasteiger partial charge in [0.1, 0.15) is 5.69 Å². The van der Waals surface area contributed by atoms with Crippen LogP contribution in [0.3, 0.4) is 0 Å². The summed E-state index contributed by atoms with van der Waals surface area (Å²) in [6.45, 7) is 0. The summed E-state index contributed by atoms with van der Waals surface area (Å²) in [5.41, 5.74) is -0.207. The predicted octanol–water partition coefficient (Wildman–Crippen LogP) is 3.88. The van der Waals surface area contributed by atoms with Crippen LogP contribution in [0.15, 0.2) is 30.6 Å². The second-order valence-corrected chi connectivity index (χ2v) is 6.57. The maximum absolute atomic E-state index is 13.3. The highest BCUT2D eigenvalue weighted by atomic mass is 32.1. The fraction of sp³-hybridized carbons (Fsp3) is 0.438. The molecule has 5 nitrogen and oxygen atoms in total. The van der Waals surface area contributed by atoms with Crippen molar-refractivity contribution in [2.45, 2.75) is 43.4 Å². The Hall–Kier alpha value is -1.96. The number of amides is 1. The number of carbonyl (C=O) groups is 1. The third-order valence-electron chi connectivity index (χ3n) is 4.15. The number of pyridine rings is 1. The second kappa shape index (κ2) is 7.29. The number of nitrogens with one attached hydrogen (secondary N) is 1. The van der Waals surface area contributed by atoms with Gasteiger partial charge >= 0.3 is 0 Å². The van der Waals surface area contributed by atoms with Crippen molar-refractivity contribution in [2.75, 3.05) is 5.32 Å². The summed E-state index contributed by atoms with van der Waals surface area (Å²) in [6, 6.07) is 4.92. The van der Waals surface area contributed by atoms with Crippen LogP contribution in [0.1, 0.15) is 54.3 Å². The van der Waals surface area contributed by atoms with Gasteiger partial charge in [-0.1, -0.05) is 6.07 Å². The summed E-state index contributed by atoms with van der Waals surface area (Å²) in [5, 5.41) is 6.86. The molecule has 1 N–H and O–H groups in total. The molecule has 0 spiro atoms. The first-order valence-electron chi connectivity index (χ1n) is 7.82. The molecule has 2 heterocycles. The molecule has 1 fully saturated rings. The van der Waals surface area contributed by atoms with Gasteiger partial charge in [0, 0.05) is 17.6 Å². The molecule has 0 bridgehead atoms. The van der Waals surface area contributed by atoms with Crippen molar-refractivity contribution in [1.82, 2.24) is 14.8 Å². The Morgan fingerprint density at radius 3 is 2.67 bits per heavy atom. The first-order chi connectivity index (χ1) is 11.5. The molecule has 1 aliphatic rings. The van der Waals surface area contributed by atoms with E-state index in [2.05, 4.69) is 28.0 Å². The van der Waals surface area contributed by atoms with E-state index < -0.39 is 18.0 Å². The lowest BCUT2D eigenvalue weighted by atomic mass is 9.95. The topological polar surface area (TPSA) is 59.8 Å². The van der Waals surface area contributed by atoms with Crippen LogP contribution < -0.4 is 5.32 Å². The van der Waals surface area contributed by atoms with Gasteiger partial charge in [0.15, 0.2) is 5.69 Å². The number of hydrogen-bond donors (Lipinski definition) is 2. The molecular weight excluding hydrogens is 334 g/mol. The second-order valence-electron chi connectivity index (χ2n) is 5.84. The molecule has 0 unspecified atom stereocenters. The molecule has 2 aromatic rings. The van der Waals surface area contributed by atoms with Crippen LogP contribution in [-0.2, 0) is 0 Å². The molecular formula is C16H18F2N4OS. The molecule has 3 rings (SSSR count). The van der Waals surface area contributed by atoms with Gasteiger partial charge in [0.2, 0.25) is 0 Å². The van der Waals surface area contributed by atoms with Crippen LogP contribution in [0.4, 0.5) is 14.5 Å². The van der Waals surface area contributed by atoms with Gasteiger partial charge in [0.25, 0.3) is 12.3 Å². The van der Waals surface area contributed by atoms with Crippen molar-refractivity contribution in [2.24, 2.45) is 0 Å². The molecule has 1 amide bonds. The molecule has 24 heavy (non-hydrogen) atoms. The minimum atomic E-state index is -2.76. The predicted molar refractivity (Wildman–Crippen MR) is 89.7 cm³/mol. The molecule has 0 saturated heterocycles. The Labute approximate surface area is 143 Å². The van der Waals surface area contributed by atoms with Gasteiger partial charge in [-0.15, -0.1) is 0 Å². The van der Waals surface area contributed by atoms with Crippen molar-refractivity contribution in [3.8, 4) is 0 Å². The first-order valence-corrected chi connectivity index (χ1v) is 8.34. The van der Waals surface area contributed by atoms with E-state index in [1.807, 2.05) is 0 Å². The number of rotatable bonds is 4. The molecule has 0 aromatic carbocycles. The largest absolute Gasteiger partial charge is 0.318 e. The average Bonchev–Trinajstić information content (AvgIpc) is 3.00. The highest BCUT2D eigenvalue weighted by Crippen LogP contribution is 2.33. The lowest BCUT2D eigenvalue weighted by Gasteiger charge is -2.25. The summed E-state index contributed by atoms with van der Waals surface area (Å²) in [6.07, 6.45) is 3.74. The third kappa shape index (κ3) is 3.75. The van der Waals surface area contributed by atoms with Gasteiger partial charge < -0.3 is 5.32 Å². The van der Waals surface area contributed by atoms with Crippen LogP contribution >= 0.6 is 12.6 Å². The zero-order valence-electron chi connectivity index (χ0n) is 12.9. The highest BCUT2D eigenvalue weighted by Gasteiger charge is 2.26. The molecule has 8 heteroatoms. The Morgan fingerprint density at radius 1 is 1.29 bits per heavy atom.